The quantitative estimate of drug-likeness (QED) is 0.822. The zero-order valence-electron chi connectivity index (χ0n) is 12.1. The van der Waals surface area contributed by atoms with Crippen LogP contribution in [0.2, 0.25) is 0 Å². The van der Waals surface area contributed by atoms with Crippen LogP contribution in [0.3, 0.4) is 0 Å². The lowest BCUT2D eigenvalue weighted by atomic mass is 10.2. The number of benzene rings is 2. The summed E-state index contributed by atoms with van der Waals surface area (Å²) in [6, 6.07) is 13.9. The molecule has 3 nitrogen and oxygen atoms in total. The number of hydrogen-bond donors (Lipinski definition) is 2. The van der Waals surface area contributed by atoms with Crippen LogP contribution in [0.15, 0.2) is 48.5 Å². The molecule has 0 fully saturated rings. The van der Waals surface area contributed by atoms with Crippen molar-refractivity contribution in [1.82, 2.24) is 0 Å². The van der Waals surface area contributed by atoms with Crippen molar-refractivity contribution in [3.05, 3.63) is 59.9 Å². The minimum Gasteiger partial charge on any atom is -0.491 e. The van der Waals surface area contributed by atoms with E-state index in [0.29, 0.717) is 12.2 Å². The number of aliphatic hydroxyl groups excluding tert-OH is 1. The van der Waals surface area contributed by atoms with Gasteiger partial charge >= 0.3 is 0 Å². The molecule has 0 spiro atoms. The van der Waals surface area contributed by atoms with Crippen molar-refractivity contribution in [1.29, 1.82) is 0 Å². The molecule has 4 heteroatoms. The molecule has 1 unspecified atom stereocenters. The molecule has 0 aliphatic rings. The van der Waals surface area contributed by atoms with E-state index in [4.69, 9.17) is 4.74 Å². The van der Waals surface area contributed by atoms with E-state index in [1.54, 1.807) is 12.1 Å². The molecule has 0 heterocycles. The largest absolute Gasteiger partial charge is 0.491 e. The molecule has 1 atom stereocenters. The Morgan fingerprint density at radius 2 is 1.95 bits per heavy atom. The lowest BCUT2D eigenvalue weighted by Crippen LogP contribution is -2.26. The minimum absolute atomic E-state index is 0.188. The van der Waals surface area contributed by atoms with Crippen molar-refractivity contribution in [3.63, 3.8) is 0 Å². The summed E-state index contributed by atoms with van der Waals surface area (Å²) in [5.74, 6) is 0.429. The van der Waals surface area contributed by atoms with Gasteiger partial charge in [0.15, 0.2) is 0 Å². The maximum absolute atomic E-state index is 13.0. The predicted octanol–water partition coefficient (Wildman–Crippen LogP) is 3.24. The number of rotatable bonds is 7. The van der Waals surface area contributed by atoms with Crippen LogP contribution in [0.4, 0.5) is 10.1 Å². The van der Waals surface area contributed by atoms with Gasteiger partial charge < -0.3 is 15.2 Å². The molecule has 2 N–H and O–H groups in total. The topological polar surface area (TPSA) is 41.5 Å². The molecule has 0 amide bonds. The smallest absolute Gasteiger partial charge is 0.125 e. The van der Waals surface area contributed by atoms with Crippen molar-refractivity contribution in [2.45, 2.75) is 19.4 Å². The Kier molecular flexibility index (Phi) is 5.58. The van der Waals surface area contributed by atoms with Crippen molar-refractivity contribution in [2.24, 2.45) is 0 Å². The van der Waals surface area contributed by atoms with E-state index in [1.165, 1.54) is 17.7 Å². The van der Waals surface area contributed by atoms with Crippen LogP contribution in [-0.2, 0) is 6.42 Å². The normalized spacial score (nSPS) is 12.0. The summed E-state index contributed by atoms with van der Waals surface area (Å²) >= 11 is 0. The molecule has 2 aromatic rings. The van der Waals surface area contributed by atoms with Gasteiger partial charge in [-0.05, 0) is 42.3 Å². The Hall–Kier alpha value is -2.07. The molecule has 0 aromatic heterocycles. The first-order valence-corrected chi connectivity index (χ1v) is 7.06. The predicted molar refractivity (Wildman–Crippen MR) is 82.2 cm³/mol. The second kappa shape index (κ2) is 7.64. The Morgan fingerprint density at radius 3 is 2.62 bits per heavy atom. The maximum atomic E-state index is 13.0. The van der Waals surface area contributed by atoms with Crippen molar-refractivity contribution < 1.29 is 14.2 Å². The molecule has 0 aliphatic carbocycles. The molecule has 2 aromatic carbocycles. The third-order valence-corrected chi connectivity index (χ3v) is 3.14. The molecular weight excluding hydrogens is 269 g/mol. The van der Waals surface area contributed by atoms with Crippen LogP contribution in [0.1, 0.15) is 12.5 Å². The molecular formula is C17H20FNO2. The zero-order valence-corrected chi connectivity index (χ0v) is 12.1. The zero-order chi connectivity index (χ0) is 15.1. The summed E-state index contributed by atoms with van der Waals surface area (Å²) < 4.78 is 18.5. The first kappa shape index (κ1) is 15.3. The minimum atomic E-state index is -0.667. The van der Waals surface area contributed by atoms with Crippen LogP contribution in [-0.4, -0.2) is 24.4 Å². The van der Waals surface area contributed by atoms with Gasteiger partial charge in [-0.3, -0.25) is 0 Å². The Balaban J connectivity index is 1.75. The highest BCUT2D eigenvalue weighted by atomic mass is 19.1. The van der Waals surface area contributed by atoms with E-state index in [-0.39, 0.29) is 12.4 Å². The van der Waals surface area contributed by atoms with Crippen molar-refractivity contribution >= 4 is 5.69 Å². The van der Waals surface area contributed by atoms with Crippen LogP contribution in [0.5, 0.6) is 5.75 Å². The number of aliphatic hydroxyl groups is 1. The fourth-order valence-corrected chi connectivity index (χ4v) is 1.91. The molecule has 0 radical (unpaired) electrons. The van der Waals surface area contributed by atoms with Crippen molar-refractivity contribution in [3.8, 4) is 5.75 Å². The van der Waals surface area contributed by atoms with Crippen molar-refractivity contribution in [2.75, 3.05) is 18.5 Å². The second-order valence-corrected chi connectivity index (χ2v) is 4.85. The molecule has 2 rings (SSSR count). The van der Waals surface area contributed by atoms with Gasteiger partial charge in [-0.1, -0.05) is 25.1 Å². The standard InChI is InChI=1S/C17H20FNO2/c1-2-13-6-8-17(9-7-13)21-12-16(20)11-19-15-5-3-4-14(18)10-15/h3-10,16,19-20H,2,11-12H2,1H3. The summed E-state index contributed by atoms with van der Waals surface area (Å²) in [5.41, 5.74) is 1.89. The number of nitrogens with one attached hydrogen (secondary N) is 1. The van der Waals surface area contributed by atoms with E-state index in [9.17, 15) is 9.50 Å². The van der Waals surface area contributed by atoms with E-state index < -0.39 is 6.10 Å². The van der Waals surface area contributed by atoms with Gasteiger partial charge in [0.1, 0.15) is 24.3 Å². The molecule has 0 bridgehead atoms. The molecule has 21 heavy (non-hydrogen) atoms. The second-order valence-electron chi connectivity index (χ2n) is 4.85. The summed E-state index contributed by atoms with van der Waals surface area (Å²) in [6.45, 7) is 2.59. The Bertz CT molecular complexity index is 557. The first-order valence-electron chi connectivity index (χ1n) is 7.06. The molecule has 0 aliphatic heterocycles. The number of hydrogen-bond acceptors (Lipinski definition) is 3. The van der Waals surface area contributed by atoms with E-state index >= 15 is 0 Å². The molecule has 112 valence electrons. The van der Waals surface area contributed by atoms with Gasteiger partial charge in [-0.2, -0.15) is 0 Å². The number of halogens is 1. The number of anilines is 1. The summed E-state index contributed by atoms with van der Waals surface area (Å²) in [5, 5.41) is 12.8. The summed E-state index contributed by atoms with van der Waals surface area (Å²) in [6.07, 6.45) is 0.319. The van der Waals surface area contributed by atoms with Gasteiger partial charge in [-0.25, -0.2) is 4.39 Å². The Morgan fingerprint density at radius 1 is 1.19 bits per heavy atom. The van der Waals surface area contributed by atoms with Gasteiger partial charge in [-0.15, -0.1) is 0 Å². The summed E-state index contributed by atoms with van der Waals surface area (Å²) in [4.78, 5) is 0. The van der Waals surface area contributed by atoms with E-state index in [2.05, 4.69) is 12.2 Å². The molecule has 0 saturated carbocycles. The highest BCUT2D eigenvalue weighted by Gasteiger charge is 2.05. The van der Waals surface area contributed by atoms with Crippen LogP contribution >= 0.6 is 0 Å². The maximum Gasteiger partial charge on any atom is 0.125 e. The third-order valence-electron chi connectivity index (χ3n) is 3.14. The fraction of sp³-hybridized carbons (Fsp3) is 0.294. The van der Waals surface area contributed by atoms with Crippen LogP contribution in [0.25, 0.3) is 0 Å². The lowest BCUT2D eigenvalue weighted by Gasteiger charge is -2.14. The Labute approximate surface area is 124 Å². The average Bonchev–Trinajstić information content (AvgIpc) is 2.51. The van der Waals surface area contributed by atoms with Gasteiger partial charge in [0.2, 0.25) is 0 Å². The fourth-order valence-electron chi connectivity index (χ4n) is 1.91. The van der Waals surface area contributed by atoms with E-state index in [0.717, 1.165) is 12.2 Å². The average molecular weight is 289 g/mol. The van der Waals surface area contributed by atoms with E-state index in [1.807, 2.05) is 24.3 Å². The van der Waals surface area contributed by atoms with Gasteiger partial charge in [0.05, 0.1) is 0 Å². The molecule has 0 saturated heterocycles. The monoisotopic (exact) mass is 289 g/mol. The van der Waals surface area contributed by atoms with Crippen LogP contribution < -0.4 is 10.1 Å². The van der Waals surface area contributed by atoms with Crippen LogP contribution in [0, 0.1) is 5.82 Å². The van der Waals surface area contributed by atoms with Gasteiger partial charge in [0, 0.05) is 12.2 Å². The first-order chi connectivity index (χ1) is 10.2. The highest BCUT2D eigenvalue weighted by molar-refractivity contribution is 5.43. The number of aryl methyl sites for hydroxylation is 1. The number of ether oxygens (including phenoxy) is 1. The third kappa shape index (κ3) is 5.08. The summed E-state index contributed by atoms with van der Waals surface area (Å²) in [7, 11) is 0. The van der Waals surface area contributed by atoms with Gasteiger partial charge in [0.25, 0.3) is 0 Å². The SMILES string of the molecule is CCc1ccc(OCC(O)CNc2cccc(F)c2)cc1. The lowest BCUT2D eigenvalue weighted by molar-refractivity contribution is 0.117. The highest BCUT2D eigenvalue weighted by Crippen LogP contribution is 2.13.